The zero-order valence-electron chi connectivity index (χ0n) is 19.9. The average molecular weight is 482 g/mol. The number of amides is 2. The van der Waals surface area contributed by atoms with Gasteiger partial charge in [-0.25, -0.2) is 4.98 Å². The van der Waals surface area contributed by atoms with Crippen molar-refractivity contribution >= 4 is 23.2 Å². The molecule has 0 radical (unpaired) electrons. The van der Waals surface area contributed by atoms with E-state index >= 15 is 0 Å². The number of β-amino-alcohol motifs (C(OH)–C–C–N with tert-alkyl or cyclic N) is 1. The number of nitrogens with one attached hydrogen (secondary N) is 2. The van der Waals surface area contributed by atoms with Gasteiger partial charge in [0.1, 0.15) is 6.04 Å². The zero-order valence-corrected chi connectivity index (χ0v) is 20.7. The fourth-order valence-electron chi connectivity index (χ4n) is 4.50. The van der Waals surface area contributed by atoms with E-state index in [0.29, 0.717) is 12.2 Å². The largest absolute Gasteiger partial charge is 0.391 e. The zero-order chi connectivity index (χ0) is 24.4. The molecule has 8 nitrogen and oxygen atoms in total. The van der Waals surface area contributed by atoms with Crippen LogP contribution in [0, 0.1) is 19.8 Å². The van der Waals surface area contributed by atoms with Gasteiger partial charge in [-0.05, 0) is 37.0 Å². The molecule has 2 aromatic heterocycles. The third-order valence-electron chi connectivity index (χ3n) is 6.27. The number of H-pyrrole nitrogens is 1. The van der Waals surface area contributed by atoms with Crippen LogP contribution in [0.3, 0.4) is 0 Å². The van der Waals surface area contributed by atoms with Crippen LogP contribution in [-0.2, 0) is 16.1 Å². The van der Waals surface area contributed by atoms with Gasteiger partial charge >= 0.3 is 0 Å². The first-order chi connectivity index (χ1) is 16.2. The molecule has 1 aliphatic rings. The first kappa shape index (κ1) is 24.1. The average Bonchev–Trinajstić information content (AvgIpc) is 3.52. The molecule has 3 aromatic rings. The van der Waals surface area contributed by atoms with E-state index in [1.165, 1.54) is 4.90 Å². The summed E-state index contributed by atoms with van der Waals surface area (Å²) in [5.41, 5.74) is 6.43. The standard InChI is InChI=1S/C25H31N5O3S/c1-14(2)22(20-9-15(3)28-29-20)25(33)30-12-19(31)10-21(30)24(32)26-11-17-5-7-18(8-6-17)23-16(4)27-13-34-23/h5-9,13-14,19,21-22,31H,10-12H2,1-4H3,(H,26,32)(H,28,29)/t19-,21+,22-/m1/s1. The summed E-state index contributed by atoms with van der Waals surface area (Å²) in [7, 11) is 0. The minimum absolute atomic E-state index is 0.00245. The molecule has 34 heavy (non-hydrogen) atoms. The summed E-state index contributed by atoms with van der Waals surface area (Å²) in [4.78, 5) is 33.5. The highest BCUT2D eigenvalue weighted by molar-refractivity contribution is 7.13. The number of carbonyl (C=O) groups excluding carboxylic acids is 2. The van der Waals surface area contributed by atoms with Gasteiger partial charge in [-0.3, -0.25) is 14.7 Å². The fraction of sp³-hybridized carbons (Fsp3) is 0.440. The minimum Gasteiger partial charge on any atom is -0.391 e. The predicted molar refractivity (Wildman–Crippen MR) is 131 cm³/mol. The van der Waals surface area contributed by atoms with Crippen LogP contribution in [0.25, 0.3) is 10.4 Å². The molecular weight excluding hydrogens is 450 g/mol. The third-order valence-corrected chi connectivity index (χ3v) is 7.25. The summed E-state index contributed by atoms with van der Waals surface area (Å²) in [6.45, 7) is 8.30. The van der Waals surface area contributed by atoms with Gasteiger partial charge in [0, 0.05) is 25.2 Å². The van der Waals surface area contributed by atoms with Crippen molar-refractivity contribution in [2.45, 2.75) is 58.7 Å². The number of benzene rings is 1. The monoisotopic (exact) mass is 481 g/mol. The summed E-state index contributed by atoms with van der Waals surface area (Å²) in [5.74, 6) is -0.916. The molecule has 0 saturated carbocycles. The molecule has 3 N–H and O–H groups in total. The number of hydrogen-bond acceptors (Lipinski definition) is 6. The number of nitrogens with zero attached hydrogens (tertiary/aromatic N) is 3. The van der Waals surface area contributed by atoms with Crippen LogP contribution in [0.15, 0.2) is 35.8 Å². The third kappa shape index (κ3) is 5.05. The van der Waals surface area contributed by atoms with Crippen molar-refractivity contribution in [1.82, 2.24) is 25.4 Å². The first-order valence-corrected chi connectivity index (χ1v) is 12.4. The molecule has 2 amide bonds. The molecule has 9 heteroatoms. The number of aliphatic hydroxyl groups excluding tert-OH is 1. The Kier molecular flexibility index (Phi) is 7.13. The molecule has 1 fully saturated rings. The molecule has 1 aliphatic heterocycles. The van der Waals surface area contributed by atoms with Crippen molar-refractivity contribution in [2.75, 3.05) is 6.54 Å². The van der Waals surface area contributed by atoms with Crippen LogP contribution < -0.4 is 5.32 Å². The van der Waals surface area contributed by atoms with E-state index in [2.05, 4.69) is 20.5 Å². The summed E-state index contributed by atoms with van der Waals surface area (Å²) >= 11 is 1.60. The highest BCUT2D eigenvalue weighted by Crippen LogP contribution is 2.30. The van der Waals surface area contributed by atoms with Gasteiger partial charge in [0.2, 0.25) is 11.8 Å². The summed E-state index contributed by atoms with van der Waals surface area (Å²) < 4.78 is 0. The molecule has 0 bridgehead atoms. The summed E-state index contributed by atoms with van der Waals surface area (Å²) in [5, 5.41) is 20.4. The molecule has 0 unspecified atom stereocenters. The van der Waals surface area contributed by atoms with Crippen molar-refractivity contribution in [2.24, 2.45) is 5.92 Å². The summed E-state index contributed by atoms with van der Waals surface area (Å²) in [6.07, 6.45) is -0.499. The molecule has 180 valence electrons. The van der Waals surface area contributed by atoms with E-state index < -0.39 is 18.1 Å². The maximum Gasteiger partial charge on any atom is 0.243 e. The Hall–Kier alpha value is -3.04. The van der Waals surface area contributed by atoms with Crippen molar-refractivity contribution < 1.29 is 14.7 Å². The number of aliphatic hydroxyl groups is 1. The number of rotatable bonds is 7. The van der Waals surface area contributed by atoms with Gasteiger partial charge in [0.15, 0.2) is 0 Å². The Morgan fingerprint density at radius 1 is 1.26 bits per heavy atom. The molecule has 0 aliphatic carbocycles. The normalized spacial score (nSPS) is 18.9. The second-order valence-corrected chi connectivity index (χ2v) is 10.1. The number of carbonyl (C=O) groups is 2. The van der Waals surface area contributed by atoms with Crippen molar-refractivity contribution in [3.63, 3.8) is 0 Å². The van der Waals surface area contributed by atoms with E-state index in [0.717, 1.165) is 27.4 Å². The second kappa shape index (κ2) is 10.1. The van der Waals surface area contributed by atoms with Crippen LogP contribution in [0.4, 0.5) is 0 Å². The van der Waals surface area contributed by atoms with Gasteiger partial charge in [0.25, 0.3) is 0 Å². The number of hydrogen-bond donors (Lipinski definition) is 3. The minimum atomic E-state index is -0.727. The lowest BCUT2D eigenvalue weighted by Gasteiger charge is -2.29. The van der Waals surface area contributed by atoms with Crippen molar-refractivity contribution in [1.29, 1.82) is 0 Å². The Morgan fingerprint density at radius 2 is 2.00 bits per heavy atom. The van der Waals surface area contributed by atoms with Crippen LogP contribution in [0.2, 0.25) is 0 Å². The predicted octanol–water partition coefficient (Wildman–Crippen LogP) is 3.17. The highest BCUT2D eigenvalue weighted by Gasteiger charge is 2.42. The molecule has 3 atom stereocenters. The number of aryl methyl sites for hydroxylation is 2. The van der Waals surface area contributed by atoms with E-state index in [4.69, 9.17) is 0 Å². The van der Waals surface area contributed by atoms with Crippen LogP contribution in [0.5, 0.6) is 0 Å². The Labute approximate surface area is 203 Å². The Balaban J connectivity index is 1.43. The van der Waals surface area contributed by atoms with E-state index in [9.17, 15) is 14.7 Å². The highest BCUT2D eigenvalue weighted by atomic mass is 32.1. The van der Waals surface area contributed by atoms with E-state index in [-0.39, 0.29) is 30.7 Å². The lowest BCUT2D eigenvalue weighted by atomic mass is 9.90. The van der Waals surface area contributed by atoms with E-state index in [1.54, 1.807) is 11.3 Å². The van der Waals surface area contributed by atoms with Crippen molar-refractivity contribution in [3.05, 3.63) is 58.5 Å². The van der Waals surface area contributed by atoms with Gasteiger partial charge in [-0.15, -0.1) is 11.3 Å². The number of aromatic amines is 1. The van der Waals surface area contributed by atoms with Gasteiger partial charge in [-0.1, -0.05) is 38.1 Å². The molecule has 4 rings (SSSR count). The SMILES string of the molecule is Cc1cc([C@H](C(=O)N2C[C@H](O)C[C@H]2C(=O)NCc2ccc(-c3scnc3C)cc2)C(C)C)n[nH]1. The topological polar surface area (TPSA) is 111 Å². The van der Waals surface area contributed by atoms with Crippen LogP contribution >= 0.6 is 11.3 Å². The molecular formula is C25H31N5O3S. The van der Waals surface area contributed by atoms with Crippen molar-refractivity contribution in [3.8, 4) is 10.4 Å². The lowest BCUT2D eigenvalue weighted by Crippen LogP contribution is -2.48. The van der Waals surface area contributed by atoms with Gasteiger partial charge < -0.3 is 15.3 Å². The molecule has 1 aromatic carbocycles. The number of thiazole rings is 1. The molecule has 1 saturated heterocycles. The number of aromatic nitrogens is 3. The maximum atomic E-state index is 13.5. The van der Waals surface area contributed by atoms with E-state index in [1.807, 2.05) is 63.5 Å². The Morgan fingerprint density at radius 3 is 2.59 bits per heavy atom. The quantitative estimate of drug-likeness (QED) is 0.480. The first-order valence-electron chi connectivity index (χ1n) is 11.5. The molecule has 3 heterocycles. The summed E-state index contributed by atoms with van der Waals surface area (Å²) in [6, 6.07) is 9.17. The fourth-order valence-corrected chi connectivity index (χ4v) is 5.31. The smallest absolute Gasteiger partial charge is 0.243 e. The van der Waals surface area contributed by atoms with Gasteiger partial charge in [-0.2, -0.15) is 5.10 Å². The molecule has 0 spiro atoms. The maximum absolute atomic E-state index is 13.5. The van der Waals surface area contributed by atoms with Gasteiger partial charge in [0.05, 0.1) is 33.8 Å². The van der Waals surface area contributed by atoms with Crippen LogP contribution in [-0.4, -0.2) is 55.7 Å². The number of likely N-dealkylation sites (tertiary alicyclic amines) is 1. The lowest BCUT2D eigenvalue weighted by molar-refractivity contribution is -0.140. The Bertz CT molecular complexity index is 1150. The second-order valence-electron chi connectivity index (χ2n) is 9.28. The van der Waals surface area contributed by atoms with Crippen LogP contribution in [0.1, 0.15) is 48.8 Å².